The van der Waals surface area contributed by atoms with Crippen LogP contribution in [0.15, 0.2) is 67.1 Å². The molecule has 0 amide bonds. The minimum atomic E-state index is -0.289. The van der Waals surface area contributed by atoms with Crippen LogP contribution in [-0.4, -0.2) is 33.5 Å². The Kier molecular flexibility index (Phi) is 5.09. The Morgan fingerprint density at radius 2 is 1.88 bits per heavy atom. The quantitative estimate of drug-likeness (QED) is 0.447. The first kappa shape index (κ1) is 20.2. The maximum Gasteiger partial charge on any atom is 0.164 e. The second-order valence-corrected chi connectivity index (χ2v) is 8.42. The largest absolute Gasteiger partial charge is 0.353 e. The van der Waals surface area contributed by atoms with Gasteiger partial charge in [-0.25, -0.2) is 19.0 Å². The average molecular weight is 429 g/mol. The van der Waals surface area contributed by atoms with Crippen molar-refractivity contribution in [2.24, 2.45) is 0 Å². The first-order valence-electron chi connectivity index (χ1n) is 10.7. The molecule has 0 bridgehead atoms. The van der Waals surface area contributed by atoms with E-state index in [1.54, 1.807) is 18.5 Å². The topological polar surface area (TPSA) is 50.1 Å². The van der Waals surface area contributed by atoms with Crippen molar-refractivity contribution in [1.29, 1.82) is 0 Å². The summed E-state index contributed by atoms with van der Waals surface area (Å²) in [5.41, 5.74) is 4.53. The lowest BCUT2D eigenvalue weighted by Gasteiger charge is -2.19. The molecule has 4 aromatic rings. The van der Waals surface area contributed by atoms with Crippen molar-refractivity contribution in [3.63, 3.8) is 0 Å². The fraction of sp³-hybridized carbons (Fsp3) is 0.240. The Labute approximate surface area is 187 Å². The van der Waals surface area contributed by atoms with E-state index in [0.717, 1.165) is 28.3 Å². The Bertz CT molecular complexity index is 1230. The summed E-state index contributed by atoms with van der Waals surface area (Å²) in [7, 11) is 2.02. The molecule has 0 spiro atoms. The van der Waals surface area contributed by atoms with Crippen LogP contribution < -0.4 is 9.80 Å². The van der Waals surface area contributed by atoms with Crippen LogP contribution in [-0.2, 0) is 6.54 Å². The number of nitrogens with zero attached hydrogens (tertiary/aromatic N) is 6. The highest BCUT2D eigenvalue weighted by Crippen LogP contribution is 2.37. The average Bonchev–Trinajstić information content (AvgIpc) is 3.43. The van der Waals surface area contributed by atoms with Crippen LogP contribution in [0, 0.1) is 5.82 Å². The van der Waals surface area contributed by atoms with Crippen molar-refractivity contribution in [2.75, 3.05) is 23.5 Å². The molecule has 6 nitrogen and oxygen atoms in total. The van der Waals surface area contributed by atoms with Gasteiger partial charge in [0.25, 0.3) is 0 Å². The van der Waals surface area contributed by atoms with Crippen LogP contribution >= 0.6 is 0 Å². The Hall–Kier alpha value is -3.74. The highest BCUT2D eigenvalue weighted by Gasteiger charge is 2.27. The van der Waals surface area contributed by atoms with Crippen LogP contribution in [0.4, 0.5) is 15.9 Å². The van der Waals surface area contributed by atoms with Gasteiger partial charge in [0, 0.05) is 26.0 Å². The summed E-state index contributed by atoms with van der Waals surface area (Å²) in [6, 6.07) is 15.4. The van der Waals surface area contributed by atoms with Gasteiger partial charge >= 0.3 is 0 Å². The molecule has 0 radical (unpaired) electrons. The van der Waals surface area contributed by atoms with E-state index in [0.29, 0.717) is 24.6 Å². The van der Waals surface area contributed by atoms with Crippen LogP contribution in [0.1, 0.15) is 30.9 Å². The molecular formula is C25H25FN6. The number of fused-ring (bicyclic) bond motifs is 1. The number of hydrogen-bond acceptors (Lipinski definition) is 5. The van der Waals surface area contributed by atoms with E-state index in [1.165, 1.54) is 6.07 Å². The Morgan fingerprint density at radius 1 is 1.06 bits per heavy atom. The molecular weight excluding hydrogens is 403 g/mol. The standard InChI is InChI=1S/C25H25FN6/c1-17(2)20-6-4-7-21(26)23(20)24-27-14-22-25(29-24)31(16-30(22)3)15-18-8-10-19(11-9-18)32-13-5-12-28-32/h4-14,17H,15-16H2,1-3H3. The van der Waals surface area contributed by atoms with Gasteiger partial charge < -0.3 is 9.80 Å². The van der Waals surface area contributed by atoms with Gasteiger partial charge in [-0.05, 0) is 41.3 Å². The summed E-state index contributed by atoms with van der Waals surface area (Å²) in [5.74, 6) is 1.14. The summed E-state index contributed by atoms with van der Waals surface area (Å²) in [6.07, 6.45) is 5.49. The fourth-order valence-corrected chi connectivity index (χ4v) is 4.17. The second kappa shape index (κ2) is 8.07. The van der Waals surface area contributed by atoms with Crippen molar-refractivity contribution in [1.82, 2.24) is 19.7 Å². The highest BCUT2D eigenvalue weighted by atomic mass is 19.1. The molecule has 0 unspecified atom stereocenters. The third-order valence-corrected chi connectivity index (χ3v) is 5.81. The molecule has 1 aliphatic heterocycles. The van der Waals surface area contributed by atoms with E-state index in [-0.39, 0.29) is 11.7 Å². The minimum Gasteiger partial charge on any atom is -0.353 e. The third-order valence-electron chi connectivity index (χ3n) is 5.81. The zero-order valence-electron chi connectivity index (χ0n) is 18.4. The molecule has 2 aromatic carbocycles. The normalized spacial score (nSPS) is 13.2. The molecule has 0 N–H and O–H groups in total. The van der Waals surface area contributed by atoms with Gasteiger partial charge in [-0.15, -0.1) is 0 Å². The molecule has 0 atom stereocenters. The third kappa shape index (κ3) is 3.60. The number of benzene rings is 2. The fourth-order valence-electron chi connectivity index (χ4n) is 4.17. The zero-order valence-corrected chi connectivity index (χ0v) is 18.4. The van der Waals surface area contributed by atoms with Gasteiger partial charge in [0.1, 0.15) is 5.82 Å². The summed E-state index contributed by atoms with van der Waals surface area (Å²) >= 11 is 0. The molecule has 0 fully saturated rings. The molecule has 0 saturated heterocycles. The van der Waals surface area contributed by atoms with Gasteiger partial charge in [-0.1, -0.05) is 38.1 Å². The SMILES string of the molecule is CC(C)c1cccc(F)c1-c1ncc2c(n1)N(Cc1ccc(-n3cccn3)cc1)CN2C. The van der Waals surface area contributed by atoms with E-state index in [1.807, 2.05) is 30.1 Å². The highest BCUT2D eigenvalue weighted by molar-refractivity contribution is 5.74. The predicted molar refractivity (Wildman–Crippen MR) is 125 cm³/mol. The number of rotatable bonds is 5. The molecule has 3 heterocycles. The summed E-state index contributed by atoms with van der Waals surface area (Å²) in [5, 5.41) is 4.28. The number of anilines is 2. The lowest BCUT2D eigenvalue weighted by Crippen LogP contribution is -2.27. The first-order valence-corrected chi connectivity index (χ1v) is 10.7. The Balaban J connectivity index is 1.47. The maximum atomic E-state index is 14.8. The zero-order chi connectivity index (χ0) is 22.2. The molecule has 162 valence electrons. The van der Waals surface area contributed by atoms with E-state index >= 15 is 0 Å². The molecule has 0 saturated carbocycles. The van der Waals surface area contributed by atoms with Crippen LogP contribution in [0.5, 0.6) is 0 Å². The smallest absolute Gasteiger partial charge is 0.164 e. The number of halogens is 1. The molecule has 32 heavy (non-hydrogen) atoms. The van der Waals surface area contributed by atoms with Crippen LogP contribution in [0.25, 0.3) is 17.1 Å². The van der Waals surface area contributed by atoms with Crippen molar-refractivity contribution in [2.45, 2.75) is 26.3 Å². The van der Waals surface area contributed by atoms with Gasteiger partial charge in [0.05, 0.1) is 29.8 Å². The molecule has 1 aliphatic rings. The summed E-state index contributed by atoms with van der Waals surface area (Å²) in [6.45, 7) is 5.50. The van der Waals surface area contributed by atoms with Gasteiger partial charge in [0.2, 0.25) is 0 Å². The lowest BCUT2D eigenvalue weighted by molar-refractivity contribution is 0.625. The van der Waals surface area contributed by atoms with Crippen molar-refractivity contribution < 1.29 is 4.39 Å². The summed E-state index contributed by atoms with van der Waals surface area (Å²) < 4.78 is 16.6. The van der Waals surface area contributed by atoms with E-state index in [2.05, 4.69) is 58.0 Å². The molecule has 2 aromatic heterocycles. The molecule has 7 heteroatoms. The van der Waals surface area contributed by atoms with Gasteiger partial charge in [0.15, 0.2) is 11.6 Å². The Morgan fingerprint density at radius 3 is 2.59 bits per heavy atom. The molecule has 0 aliphatic carbocycles. The maximum absolute atomic E-state index is 14.8. The van der Waals surface area contributed by atoms with Crippen LogP contribution in [0.2, 0.25) is 0 Å². The van der Waals surface area contributed by atoms with E-state index < -0.39 is 0 Å². The van der Waals surface area contributed by atoms with Crippen LogP contribution in [0.3, 0.4) is 0 Å². The van der Waals surface area contributed by atoms with Crippen molar-refractivity contribution in [3.8, 4) is 17.1 Å². The van der Waals surface area contributed by atoms with Gasteiger partial charge in [-0.2, -0.15) is 5.10 Å². The van der Waals surface area contributed by atoms with Crippen molar-refractivity contribution in [3.05, 3.63) is 84.1 Å². The predicted octanol–water partition coefficient (Wildman–Crippen LogP) is 5.01. The minimum absolute atomic E-state index is 0.171. The van der Waals surface area contributed by atoms with E-state index in [4.69, 9.17) is 4.98 Å². The summed E-state index contributed by atoms with van der Waals surface area (Å²) in [4.78, 5) is 13.7. The number of hydrogen-bond donors (Lipinski definition) is 0. The lowest BCUT2D eigenvalue weighted by atomic mass is 9.96. The first-order chi connectivity index (χ1) is 15.5. The second-order valence-electron chi connectivity index (χ2n) is 8.42. The monoisotopic (exact) mass is 428 g/mol. The van der Waals surface area contributed by atoms with Gasteiger partial charge in [-0.3, -0.25) is 0 Å². The number of aromatic nitrogens is 4. The van der Waals surface area contributed by atoms with E-state index in [9.17, 15) is 4.39 Å². The van der Waals surface area contributed by atoms with Crippen molar-refractivity contribution >= 4 is 11.5 Å². The molecule has 5 rings (SSSR count).